The molecule has 1 heterocycles. The van der Waals surface area contributed by atoms with Crippen LogP contribution in [-0.2, 0) is 9.59 Å². The molecule has 0 aromatic carbocycles. The third-order valence-electron chi connectivity index (χ3n) is 2.68. The number of carbonyl (C=O) groups excluding carboxylic acids is 1. The van der Waals surface area contributed by atoms with Gasteiger partial charge in [-0.15, -0.1) is 0 Å². The van der Waals surface area contributed by atoms with Crippen LogP contribution in [0.2, 0.25) is 0 Å². The SMILES string of the molecule is CCN1CCCC(NC(=O)/C=C/C(=O)O)C1. The van der Waals surface area contributed by atoms with Crippen LogP contribution >= 0.6 is 0 Å². The Balaban J connectivity index is 2.36. The first kappa shape index (κ1) is 12.7. The highest BCUT2D eigenvalue weighted by molar-refractivity contribution is 5.93. The fraction of sp³-hybridized carbons (Fsp3) is 0.636. The van der Waals surface area contributed by atoms with Gasteiger partial charge in [-0.05, 0) is 25.9 Å². The van der Waals surface area contributed by atoms with Crippen molar-refractivity contribution in [2.24, 2.45) is 0 Å². The van der Waals surface area contributed by atoms with Gasteiger partial charge in [0.15, 0.2) is 0 Å². The summed E-state index contributed by atoms with van der Waals surface area (Å²) in [6, 6.07) is 0.139. The molecule has 90 valence electrons. The van der Waals surface area contributed by atoms with Crippen molar-refractivity contribution >= 4 is 11.9 Å². The maximum Gasteiger partial charge on any atom is 0.328 e. The van der Waals surface area contributed by atoms with E-state index in [1.54, 1.807) is 0 Å². The summed E-state index contributed by atoms with van der Waals surface area (Å²) in [5.74, 6) is -1.43. The van der Waals surface area contributed by atoms with Crippen LogP contribution in [0.25, 0.3) is 0 Å². The second kappa shape index (κ2) is 6.27. The third-order valence-corrected chi connectivity index (χ3v) is 2.68. The fourth-order valence-electron chi connectivity index (χ4n) is 1.86. The summed E-state index contributed by atoms with van der Waals surface area (Å²) in [4.78, 5) is 23.8. The Morgan fingerprint density at radius 1 is 1.50 bits per heavy atom. The predicted octanol–water partition coefficient (Wildman–Crippen LogP) is 0.228. The van der Waals surface area contributed by atoms with Gasteiger partial charge in [-0.1, -0.05) is 6.92 Å². The largest absolute Gasteiger partial charge is 0.478 e. The Morgan fingerprint density at radius 2 is 2.25 bits per heavy atom. The van der Waals surface area contributed by atoms with Gasteiger partial charge in [-0.3, -0.25) is 4.79 Å². The molecule has 2 N–H and O–H groups in total. The molecule has 1 fully saturated rings. The van der Waals surface area contributed by atoms with Gasteiger partial charge in [0.25, 0.3) is 0 Å². The fourth-order valence-corrected chi connectivity index (χ4v) is 1.86. The molecule has 1 atom stereocenters. The molecule has 16 heavy (non-hydrogen) atoms. The van der Waals surface area contributed by atoms with Crippen molar-refractivity contribution in [2.45, 2.75) is 25.8 Å². The van der Waals surface area contributed by atoms with E-state index in [1.807, 2.05) is 0 Å². The first-order valence-corrected chi connectivity index (χ1v) is 5.55. The minimum absolute atomic E-state index is 0.139. The number of carboxylic acid groups (broad SMARTS) is 1. The van der Waals surface area contributed by atoms with E-state index in [4.69, 9.17) is 5.11 Å². The summed E-state index contributed by atoms with van der Waals surface area (Å²) in [6.45, 7) is 5.00. The number of amides is 1. The minimum Gasteiger partial charge on any atom is -0.478 e. The molecule has 0 saturated carbocycles. The lowest BCUT2D eigenvalue weighted by molar-refractivity contribution is -0.131. The molecule has 0 spiro atoms. The average Bonchev–Trinajstić information content (AvgIpc) is 2.26. The molecule has 0 radical (unpaired) electrons. The van der Waals surface area contributed by atoms with Gasteiger partial charge < -0.3 is 15.3 Å². The number of likely N-dealkylation sites (N-methyl/N-ethyl adjacent to an activating group) is 1. The van der Waals surface area contributed by atoms with Crippen molar-refractivity contribution in [3.05, 3.63) is 12.2 Å². The van der Waals surface area contributed by atoms with Crippen molar-refractivity contribution in [1.82, 2.24) is 10.2 Å². The summed E-state index contributed by atoms with van der Waals surface area (Å²) in [7, 11) is 0. The summed E-state index contributed by atoms with van der Waals surface area (Å²) in [6.07, 6.45) is 3.95. The number of hydrogen-bond donors (Lipinski definition) is 2. The number of nitrogens with one attached hydrogen (secondary N) is 1. The second-order valence-corrected chi connectivity index (χ2v) is 3.91. The van der Waals surface area contributed by atoms with Crippen LogP contribution in [0.1, 0.15) is 19.8 Å². The van der Waals surface area contributed by atoms with Crippen molar-refractivity contribution < 1.29 is 14.7 Å². The zero-order valence-electron chi connectivity index (χ0n) is 9.48. The Labute approximate surface area is 95.1 Å². The van der Waals surface area contributed by atoms with Crippen LogP contribution in [0.5, 0.6) is 0 Å². The van der Waals surface area contributed by atoms with Crippen LogP contribution < -0.4 is 5.32 Å². The first-order chi connectivity index (χ1) is 7.61. The van der Waals surface area contributed by atoms with Gasteiger partial charge in [0.05, 0.1) is 0 Å². The van der Waals surface area contributed by atoms with Gasteiger partial charge in [0, 0.05) is 24.7 Å². The lowest BCUT2D eigenvalue weighted by Crippen LogP contribution is -2.47. The maximum atomic E-state index is 11.3. The molecule has 0 aromatic rings. The van der Waals surface area contributed by atoms with E-state index < -0.39 is 5.97 Å². The molecule has 1 aliphatic rings. The van der Waals surface area contributed by atoms with Crippen LogP contribution in [-0.4, -0.2) is 47.6 Å². The van der Waals surface area contributed by atoms with E-state index >= 15 is 0 Å². The second-order valence-electron chi connectivity index (χ2n) is 3.91. The monoisotopic (exact) mass is 226 g/mol. The maximum absolute atomic E-state index is 11.3. The normalized spacial score (nSPS) is 22.2. The Kier molecular flexibility index (Phi) is 4.98. The van der Waals surface area contributed by atoms with E-state index in [-0.39, 0.29) is 11.9 Å². The molecule has 1 aliphatic heterocycles. The predicted molar refractivity (Wildman–Crippen MR) is 60.1 cm³/mol. The highest BCUT2D eigenvalue weighted by Gasteiger charge is 2.19. The first-order valence-electron chi connectivity index (χ1n) is 5.55. The molecule has 5 nitrogen and oxygen atoms in total. The number of carboxylic acids is 1. The zero-order valence-corrected chi connectivity index (χ0v) is 9.48. The van der Waals surface area contributed by atoms with Gasteiger partial charge >= 0.3 is 5.97 Å². The van der Waals surface area contributed by atoms with E-state index in [0.29, 0.717) is 0 Å². The molecular formula is C11H18N2O3. The number of likely N-dealkylation sites (tertiary alicyclic amines) is 1. The molecule has 1 amide bonds. The number of hydrogen-bond acceptors (Lipinski definition) is 3. The smallest absolute Gasteiger partial charge is 0.328 e. The van der Waals surface area contributed by atoms with Crippen LogP contribution in [0.4, 0.5) is 0 Å². The topological polar surface area (TPSA) is 69.6 Å². The summed E-state index contributed by atoms with van der Waals surface area (Å²) >= 11 is 0. The number of aliphatic carboxylic acids is 1. The minimum atomic E-state index is -1.10. The van der Waals surface area contributed by atoms with Crippen molar-refractivity contribution in [3.8, 4) is 0 Å². The molecule has 1 rings (SSSR count). The summed E-state index contributed by atoms with van der Waals surface area (Å²) < 4.78 is 0. The van der Waals surface area contributed by atoms with Gasteiger partial charge in [-0.25, -0.2) is 4.79 Å². The van der Waals surface area contributed by atoms with Crippen LogP contribution in [0.15, 0.2) is 12.2 Å². The lowest BCUT2D eigenvalue weighted by atomic mass is 10.1. The van der Waals surface area contributed by atoms with Gasteiger partial charge in [0.2, 0.25) is 5.91 Å². The van der Waals surface area contributed by atoms with Gasteiger partial charge in [-0.2, -0.15) is 0 Å². The number of piperidine rings is 1. The highest BCUT2D eigenvalue weighted by Crippen LogP contribution is 2.09. The van der Waals surface area contributed by atoms with Crippen molar-refractivity contribution in [1.29, 1.82) is 0 Å². The van der Waals surface area contributed by atoms with E-state index in [0.717, 1.165) is 44.6 Å². The Hall–Kier alpha value is -1.36. The van der Waals surface area contributed by atoms with Crippen molar-refractivity contribution in [3.63, 3.8) is 0 Å². The van der Waals surface area contributed by atoms with E-state index in [9.17, 15) is 9.59 Å². The lowest BCUT2D eigenvalue weighted by Gasteiger charge is -2.31. The standard InChI is InChI=1S/C11H18N2O3/c1-2-13-7-3-4-9(8-13)12-10(14)5-6-11(15)16/h5-6,9H,2-4,7-8H2,1H3,(H,12,14)(H,15,16)/b6-5+. The van der Waals surface area contributed by atoms with Crippen LogP contribution in [0, 0.1) is 0 Å². The number of carbonyl (C=O) groups is 2. The number of rotatable bonds is 4. The van der Waals surface area contributed by atoms with E-state index in [2.05, 4.69) is 17.1 Å². The molecule has 0 aliphatic carbocycles. The molecule has 1 saturated heterocycles. The zero-order chi connectivity index (χ0) is 12.0. The quantitative estimate of drug-likeness (QED) is 0.673. The molecule has 5 heteroatoms. The van der Waals surface area contributed by atoms with Crippen LogP contribution in [0.3, 0.4) is 0 Å². The molecular weight excluding hydrogens is 208 g/mol. The molecule has 0 aromatic heterocycles. The molecule has 1 unspecified atom stereocenters. The highest BCUT2D eigenvalue weighted by atomic mass is 16.4. The van der Waals surface area contributed by atoms with Crippen molar-refractivity contribution in [2.75, 3.05) is 19.6 Å². The Morgan fingerprint density at radius 3 is 2.88 bits per heavy atom. The molecule has 0 bridgehead atoms. The third kappa shape index (κ3) is 4.44. The van der Waals surface area contributed by atoms with Gasteiger partial charge in [0.1, 0.15) is 0 Å². The number of nitrogens with zero attached hydrogens (tertiary/aromatic N) is 1. The summed E-state index contributed by atoms with van der Waals surface area (Å²) in [5, 5.41) is 11.2. The summed E-state index contributed by atoms with van der Waals surface area (Å²) in [5.41, 5.74) is 0. The average molecular weight is 226 g/mol. The Bertz CT molecular complexity index is 289. The van der Waals surface area contributed by atoms with E-state index in [1.165, 1.54) is 0 Å².